The fourth-order valence-corrected chi connectivity index (χ4v) is 8.37. The average Bonchev–Trinajstić information content (AvgIpc) is 3.10. The highest BCUT2D eigenvalue weighted by molar-refractivity contribution is 5.90. The molecule has 2 fully saturated rings. The summed E-state index contributed by atoms with van der Waals surface area (Å²) in [7, 11) is 0. The van der Waals surface area contributed by atoms with Gasteiger partial charge in [0.2, 0.25) is 0 Å². The van der Waals surface area contributed by atoms with Crippen LogP contribution in [0.1, 0.15) is 86.5 Å². The van der Waals surface area contributed by atoms with Crippen molar-refractivity contribution in [1.29, 1.82) is 0 Å². The van der Waals surface area contributed by atoms with Crippen molar-refractivity contribution in [2.24, 2.45) is 22.7 Å². The normalized spacial score (nSPS) is 43.0. The Labute approximate surface area is 219 Å². The highest BCUT2D eigenvalue weighted by Gasteiger charge is 2.68. The Kier molecular flexibility index (Phi) is 5.97. The maximum absolute atomic E-state index is 13.6. The first-order valence-electron chi connectivity index (χ1n) is 13.6. The maximum Gasteiger partial charge on any atom is 0.334 e. The van der Waals surface area contributed by atoms with Gasteiger partial charge in [0, 0.05) is 37.2 Å². The number of hydrogen-bond donors (Lipinski definition) is 2. The van der Waals surface area contributed by atoms with Crippen LogP contribution in [0.25, 0.3) is 0 Å². The van der Waals surface area contributed by atoms with E-state index in [1.54, 1.807) is 13.8 Å². The van der Waals surface area contributed by atoms with E-state index in [-0.39, 0.29) is 36.4 Å². The van der Waals surface area contributed by atoms with Gasteiger partial charge in [-0.25, -0.2) is 4.79 Å². The van der Waals surface area contributed by atoms with Crippen molar-refractivity contribution in [3.63, 3.8) is 0 Å². The van der Waals surface area contributed by atoms with Crippen LogP contribution in [0, 0.1) is 22.7 Å². The fourth-order valence-electron chi connectivity index (χ4n) is 8.37. The molecule has 0 radical (unpaired) electrons. The molecule has 1 aliphatic heterocycles. The minimum atomic E-state index is -1.66. The lowest BCUT2D eigenvalue weighted by Gasteiger charge is -2.59. The van der Waals surface area contributed by atoms with Crippen LogP contribution in [-0.2, 0) is 23.9 Å². The minimum absolute atomic E-state index is 0.0735. The lowest BCUT2D eigenvalue weighted by Crippen LogP contribution is -2.67. The molecule has 0 bridgehead atoms. The topological polar surface area (TPSA) is 110 Å². The highest BCUT2D eigenvalue weighted by atomic mass is 16.6. The smallest absolute Gasteiger partial charge is 0.334 e. The number of rotatable bonds is 3. The third-order valence-electron chi connectivity index (χ3n) is 11.0. The van der Waals surface area contributed by atoms with E-state index in [1.165, 1.54) is 6.92 Å². The highest BCUT2D eigenvalue weighted by Crippen LogP contribution is 2.66. The average molecular weight is 513 g/mol. The van der Waals surface area contributed by atoms with Crippen molar-refractivity contribution in [1.82, 2.24) is 0 Å². The van der Waals surface area contributed by atoms with Crippen LogP contribution in [0.15, 0.2) is 34.4 Å². The molecular weight excluding hydrogens is 472 g/mol. The molecule has 7 heteroatoms. The number of aliphatic hydroxyl groups is 2. The summed E-state index contributed by atoms with van der Waals surface area (Å²) in [4.78, 5) is 37.5. The van der Waals surface area contributed by atoms with E-state index >= 15 is 0 Å². The van der Waals surface area contributed by atoms with E-state index in [4.69, 9.17) is 9.47 Å². The van der Waals surface area contributed by atoms with Crippen LogP contribution in [0.3, 0.4) is 0 Å². The number of esters is 2. The van der Waals surface area contributed by atoms with E-state index in [1.807, 2.05) is 20.8 Å². The molecule has 0 unspecified atom stereocenters. The first-order chi connectivity index (χ1) is 17.2. The second-order valence-corrected chi connectivity index (χ2v) is 12.7. The Morgan fingerprint density at radius 1 is 1.16 bits per heavy atom. The van der Waals surface area contributed by atoms with Gasteiger partial charge >= 0.3 is 11.9 Å². The van der Waals surface area contributed by atoms with E-state index in [0.717, 1.165) is 29.6 Å². The summed E-state index contributed by atoms with van der Waals surface area (Å²) in [6.45, 7) is 10.6. The van der Waals surface area contributed by atoms with Crippen molar-refractivity contribution in [2.45, 2.75) is 110 Å². The molecule has 0 aromatic heterocycles. The molecule has 0 aromatic carbocycles. The zero-order valence-corrected chi connectivity index (χ0v) is 22.8. The lowest BCUT2D eigenvalue weighted by atomic mass is 9.47. The molecule has 202 valence electrons. The van der Waals surface area contributed by atoms with Crippen LogP contribution in [0.4, 0.5) is 0 Å². The molecule has 0 spiro atoms. The minimum Gasteiger partial charge on any atom is -0.462 e. The molecule has 7 nitrogen and oxygen atoms in total. The third kappa shape index (κ3) is 3.49. The van der Waals surface area contributed by atoms with Crippen molar-refractivity contribution in [3.8, 4) is 0 Å². The van der Waals surface area contributed by atoms with E-state index < -0.39 is 40.2 Å². The van der Waals surface area contributed by atoms with Gasteiger partial charge in [-0.1, -0.05) is 35.8 Å². The molecule has 0 aromatic rings. The SMILES string of the molecule is CC(=O)O[C@H]1CC(=O)[C@@]2(C)C(=CC[C@H]3C4=CC[C@@](O)([C@@](C)(O)[C@H]5CC(C)=C(C)C(=O)O5)[C@@]4(C)CC[C@@H]32)C1. The summed E-state index contributed by atoms with van der Waals surface area (Å²) in [6, 6.07) is 0. The Balaban J connectivity index is 1.45. The Morgan fingerprint density at radius 2 is 1.86 bits per heavy atom. The summed E-state index contributed by atoms with van der Waals surface area (Å²) >= 11 is 0. The Bertz CT molecular complexity index is 1160. The first-order valence-corrected chi connectivity index (χ1v) is 13.6. The van der Waals surface area contributed by atoms with Gasteiger partial charge in [0.15, 0.2) is 0 Å². The van der Waals surface area contributed by atoms with Gasteiger partial charge in [-0.3, -0.25) is 9.59 Å². The molecule has 2 N–H and O–H groups in total. The van der Waals surface area contributed by atoms with Crippen LogP contribution in [-0.4, -0.2) is 51.3 Å². The number of ether oxygens (including phenoxy) is 2. The van der Waals surface area contributed by atoms with Crippen LogP contribution < -0.4 is 0 Å². The van der Waals surface area contributed by atoms with Crippen molar-refractivity contribution >= 4 is 17.7 Å². The fraction of sp³-hybridized carbons (Fsp3) is 0.700. The van der Waals surface area contributed by atoms with Crippen LogP contribution in [0.5, 0.6) is 0 Å². The molecule has 8 atom stereocenters. The quantitative estimate of drug-likeness (QED) is 0.432. The molecule has 4 aliphatic carbocycles. The summed E-state index contributed by atoms with van der Waals surface area (Å²) in [5.74, 6) is -0.536. The van der Waals surface area contributed by atoms with Gasteiger partial charge in [0.25, 0.3) is 0 Å². The Hall–Kier alpha value is -2.25. The second kappa shape index (κ2) is 8.37. The molecule has 0 amide bonds. The number of cyclic esters (lactones) is 1. The molecule has 0 saturated heterocycles. The van der Waals surface area contributed by atoms with Gasteiger partial charge in [0.05, 0.1) is 5.41 Å². The lowest BCUT2D eigenvalue weighted by molar-refractivity contribution is -0.239. The number of Topliss-reactive ketones (excluding diaryl/α,β-unsaturated/α-hetero) is 1. The maximum atomic E-state index is 13.6. The van der Waals surface area contributed by atoms with Crippen molar-refractivity contribution < 1.29 is 34.1 Å². The van der Waals surface area contributed by atoms with Crippen molar-refractivity contribution in [3.05, 3.63) is 34.4 Å². The van der Waals surface area contributed by atoms with Gasteiger partial charge < -0.3 is 19.7 Å². The molecule has 37 heavy (non-hydrogen) atoms. The first kappa shape index (κ1) is 26.4. The number of fused-ring (bicyclic) bond motifs is 5. The number of carbonyl (C=O) groups is 3. The third-order valence-corrected chi connectivity index (χ3v) is 11.0. The summed E-state index contributed by atoms with van der Waals surface area (Å²) in [5, 5.41) is 24.2. The molecular formula is C30H40O7. The molecule has 5 rings (SSSR count). The van der Waals surface area contributed by atoms with Gasteiger partial charge in [0.1, 0.15) is 29.2 Å². The zero-order valence-electron chi connectivity index (χ0n) is 22.8. The van der Waals surface area contributed by atoms with Gasteiger partial charge in [-0.15, -0.1) is 0 Å². The monoisotopic (exact) mass is 512 g/mol. The number of hydrogen-bond acceptors (Lipinski definition) is 7. The predicted octanol–water partition coefficient (Wildman–Crippen LogP) is 4.11. The van der Waals surface area contributed by atoms with E-state index in [9.17, 15) is 24.6 Å². The second-order valence-electron chi connectivity index (χ2n) is 12.7. The zero-order chi connectivity index (χ0) is 27.1. The van der Waals surface area contributed by atoms with Gasteiger partial charge in [-0.05, 0) is 65.2 Å². The number of ketones is 1. The largest absolute Gasteiger partial charge is 0.462 e. The summed E-state index contributed by atoms with van der Waals surface area (Å²) in [5.41, 5.74) is -0.929. The van der Waals surface area contributed by atoms with Crippen LogP contribution >= 0.6 is 0 Å². The van der Waals surface area contributed by atoms with Crippen molar-refractivity contribution in [2.75, 3.05) is 0 Å². The standard InChI is InChI=1S/C30H40O7/c1-16-13-25(37-26(33)17(16)2)29(6,34)30(35)12-10-22-21-8-7-19-14-20(36-18(3)31)15-24(32)28(19,5)23(21)9-11-27(22,30)4/h7,10,20-21,23,25,34-35H,8-9,11-15H2,1-6H3/t20-,21+,23+,25-,27+,28+,29+,30+/m1/s1. The number of allylic oxidation sites excluding steroid dienone is 1. The van der Waals surface area contributed by atoms with E-state index in [2.05, 4.69) is 12.2 Å². The predicted molar refractivity (Wildman–Crippen MR) is 136 cm³/mol. The molecule has 1 heterocycles. The van der Waals surface area contributed by atoms with Crippen LogP contribution in [0.2, 0.25) is 0 Å². The van der Waals surface area contributed by atoms with Gasteiger partial charge in [-0.2, -0.15) is 0 Å². The summed E-state index contributed by atoms with van der Waals surface area (Å²) in [6.07, 6.45) is 6.52. The summed E-state index contributed by atoms with van der Waals surface area (Å²) < 4.78 is 11.1. The Morgan fingerprint density at radius 3 is 2.51 bits per heavy atom. The molecule has 5 aliphatic rings. The van der Waals surface area contributed by atoms with E-state index in [0.29, 0.717) is 24.8 Å². The number of carbonyl (C=O) groups excluding carboxylic acids is 3. The molecule has 2 saturated carbocycles.